The van der Waals surface area contributed by atoms with Crippen LogP contribution in [0.4, 0.5) is 0 Å². The van der Waals surface area contributed by atoms with Gasteiger partial charge in [0.05, 0.1) is 14.6 Å². The number of ketones is 1. The van der Waals surface area contributed by atoms with Gasteiger partial charge >= 0.3 is 0 Å². The van der Waals surface area contributed by atoms with Crippen molar-refractivity contribution in [1.82, 2.24) is 14.8 Å². The first kappa shape index (κ1) is 15.9. The Balaban J connectivity index is 1.86. The molecule has 0 aliphatic carbocycles. The number of nitrogens with zero attached hydrogens (tertiary/aromatic N) is 3. The summed E-state index contributed by atoms with van der Waals surface area (Å²) in [4.78, 5) is 30.5. The van der Waals surface area contributed by atoms with Crippen molar-refractivity contribution in [3.63, 3.8) is 0 Å². The van der Waals surface area contributed by atoms with Crippen molar-refractivity contribution in [2.45, 2.75) is 13.5 Å². The van der Waals surface area contributed by atoms with Crippen molar-refractivity contribution in [3.05, 3.63) is 68.8 Å². The van der Waals surface area contributed by atoms with Crippen molar-refractivity contribution in [2.75, 3.05) is 0 Å². The molecule has 0 saturated heterocycles. The van der Waals surface area contributed by atoms with Gasteiger partial charge in [0.15, 0.2) is 11.3 Å². The van der Waals surface area contributed by atoms with E-state index >= 15 is 0 Å². The topological polar surface area (TPSA) is 64.8 Å². The Morgan fingerprint density at radius 2 is 1.96 bits per heavy atom. The molecule has 0 radical (unpaired) electrons. The quantitative estimate of drug-likeness (QED) is 0.515. The number of hydrogen-bond acceptors (Lipinski definition) is 6. The van der Waals surface area contributed by atoms with E-state index in [0.717, 1.165) is 14.6 Å². The average molecular weight is 367 g/mol. The van der Waals surface area contributed by atoms with Crippen LogP contribution in [0.2, 0.25) is 0 Å². The second kappa shape index (κ2) is 6.34. The van der Waals surface area contributed by atoms with E-state index in [0.29, 0.717) is 16.8 Å². The summed E-state index contributed by atoms with van der Waals surface area (Å²) < 4.78 is 2.00. The van der Waals surface area contributed by atoms with Crippen LogP contribution in [0.25, 0.3) is 20.8 Å². The van der Waals surface area contributed by atoms with E-state index in [-0.39, 0.29) is 17.9 Å². The smallest absolute Gasteiger partial charge is 0.292 e. The maximum atomic E-state index is 12.7. The molecule has 0 unspecified atom stereocenters. The van der Waals surface area contributed by atoms with E-state index in [1.807, 2.05) is 30.5 Å². The molecule has 7 heteroatoms. The third-order valence-corrected chi connectivity index (χ3v) is 5.60. The van der Waals surface area contributed by atoms with Crippen LogP contribution in [0.3, 0.4) is 0 Å². The second-order valence-electron chi connectivity index (χ2n) is 5.49. The summed E-state index contributed by atoms with van der Waals surface area (Å²) in [5.41, 5.74) is 1.31. The Bertz CT molecular complexity index is 1110. The normalized spacial score (nSPS) is 11.1. The minimum Gasteiger partial charge on any atom is -0.292 e. The molecule has 0 aliphatic heterocycles. The van der Waals surface area contributed by atoms with Crippen molar-refractivity contribution in [3.8, 4) is 10.6 Å². The summed E-state index contributed by atoms with van der Waals surface area (Å²) in [5, 5.41) is 7.25. The van der Waals surface area contributed by atoms with Crippen molar-refractivity contribution >= 4 is 38.7 Å². The average Bonchev–Trinajstić information content (AvgIpc) is 3.28. The molecular weight excluding hydrogens is 354 g/mol. The summed E-state index contributed by atoms with van der Waals surface area (Å²) >= 11 is 3.00. The van der Waals surface area contributed by atoms with Gasteiger partial charge in [-0.05, 0) is 18.4 Å². The van der Waals surface area contributed by atoms with Gasteiger partial charge in [-0.1, -0.05) is 36.4 Å². The zero-order valence-electron chi connectivity index (χ0n) is 13.3. The highest BCUT2D eigenvalue weighted by molar-refractivity contribution is 7.20. The van der Waals surface area contributed by atoms with Gasteiger partial charge in [0.2, 0.25) is 0 Å². The molecule has 3 aromatic heterocycles. The van der Waals surface area contributed by atoms with E-state index in [9.17, 15) is 9.59 Å². The number of aromatic nitrogens is 3. The molecule has 1 aromatic carbocycles. The molecule has 4 aromatic rings. The SMILES string of the molecule is Cc1nc2c(=O)n(CC(=O)c3ccccc3)nc(-c3cccs3)c2s1. The first-order valence-electron chi connectivity index (χ1n) is 7.64. The van der Waals surface area contributed by atoms with E-state index in [1.54, 1.807) is 35.6 Å². The fourth-order valence-electron chi connectivity index (χ4n) is 2.60. The van der Waals surface area contributed by atoms with Crippen molar-refractivity contribution < 1.29 is 4.79 Å². The molecule has 25 heavy (non-hydrogen) atoms. The number of benzene rings is 1. The lowest BCUT2D eigenvalue weighted by Crippen LogP contribution is -2.27. The van der Waals surface area contributed by atoms with Gasteiger partial charge in [-0.3, -0.25) is 9.59 Å². The first-order chi connectivity index (χ1) is 12.1. The van der Waals surface area contributed by atoms with Gasteiger partial charge in [-0.25, -0.2) is 9.67 Å². The summed E-state index contributed by atoms with van der Waals surface area (Å²) in [6.45, 7) is 1.76. The highest BCUT2D eigenvalue weighted by Gasteiger charge is 2.18. The molecule has 3 heterocycles. The van der Waals surface area contributed by atoms with Crippen LogP contribution >= 0.6 is 22.7 Å². The molecule has 0 N–H and O–H groups in total. The fourth-order valence-corrected chi connectivity index (χ4v) is 4.29. The predicted octanol–water partition coefficient (Wildman–Crippen LogP) is 3.77. The van der Waals surface area contributed by atoms with Crippen LogP contribution in [-0.4, -0.2) is 20.5 Å². The number of rotatable bonds is 4. The highest BCUT2D eigenvalue weighted by atomic mass is 32.1. The third kappa shape index (κ3) is 2.92. The monoisotopic (exact) mass is 367 g/mol. The molecule has 0 aliphatic rings. The van der Waals surface area contributed by atoms with Crippen LogP contribution in [0.15, 0.2) is 52.6 Å². The maximum absolute atomic E-state index is 12.7. The molecule has 124 valence electrons. The summed E-state index contributed by atoms with van der Waals surface area (Å²) in [5.74, 6) is -0.154. The van der Waals surface area contributed by atoms with E-state index in [4.69, 9.17) is 0 Å². The minimum atomic E-state index is -0.330. The third-order valence-electron chi connectivity index (χ3n) is 3.75. The molecule has 0 atom stereocenters. The van der Waals surface area contributed by atoms with Crippen molar-refractivity contribution in [1.29, 1.82) is 0 Å². The number of thiazole rings is 1. The number of carbonyl (C=O) groups excluding carboxylic acids is 1. The van der Waals surface area contributed by atoms with Crippen molar-refractivity contribution in [2.24, 2.45) is 0 Å². The van der Waals surface area contributed by atoms with Gasteiger partial charge in [0.1, 0.15) is 12.2 Å². The number of thiophene rings is 1. The molecular formula is C18H13N3O2S2. The molecule has 5 nitrogen and oxygen atoms in total. The van der Waals surface area contributed by atoms with Crippen LogP contribution in [0.5, 0.6) is 0 Å². The summed E-state index contributed by atoms with van der Waals surface area (Å²) in [6.07, 6.45) is 0. The largest absolute Gasteiger partial charge is 0.294 e. The van der Waals surface area contributed by atoms with Gasteiger partial charge in [-0.15, -0.1) is 22.7 Å². The molecule has 0 amide bonds. The Kier molecular flexibility index (Phi) is 4.03. The lowest BCUT2D eigenvalue weighted by molar-refractivity contribution is 0.0966. The Hall–Kier alpha value is -2.64. The van der Waals surface area contributed by atoms with Gasteiger partial charge < -0.3 is 0 Å². The molecule has 0 spiro atoms. The number of Topliss-reactive ketones (excluding diaryl/α,β-unsaturated/α-hetero) is 1. The Labute approximate surface area is 151 Å². The standard InChI is InChI=1S/C18H13N3O2S2/c1-11-19-16-17(25-11)15(14-8-5-9-24-14)20-21(18(16)23)10-13(22)12-6-3-2-4-7-12/h2-9H,10H2,1H3. The molecule has 4 rings (SSSR count). The van der Waals surface area contributed by atoms with Gasteiger partial charge in [0.25, 0.3) is 5.56 Å². The highest BCUT2D eigenvalue weighted by Crippen LogP contribution is 2.31. The zero-order chi connectivity index (χ0) is 17.4. The summed E-state index contributed by atoms with van der Waals surface area (Å²) in [7, 11) is 0. The fraction of sp³-hybridized carbons (Fsp3) is 0.111. The second-order valence-corrected chi connectivity index (χ2v) is 7.64. The molecule has 0 saturated carbocycles. The lowest BCUT2D eigenvalue weighted by Gasteiger charge is -2.07. The molecule has 0 bridgehead atoms. The van der Waals surface area contributed by atoms with E-state index < -0.39 is 0 Å². The van der Waals surface area contributed by atoms with Crippen LogP contribution in [-0.2, 0) is 6.54 Å². The van der Waals surface area contributed by atoms with Crippen LogP contribution in [0.1, 0.15) is 15.4 Å². The van der Waals surface area contributed by atoms with Gasteiger partial charge in [0, 0.05) is 5.56 Å². The van der Waals surface area contributed by atoms with Gasteiger partial charge in [-0.2, -0.15) is 5.10 Å². The maximum Gasteiger partial charge on any atom is 0.294 e. The Morgan fingerprint density at radius 3 is 2.68 bits per heavy atom. The number of carbonyl (C=O) groups is 1. The number of hydrogen-bond donors (Lipinski definition) is 0. The number of aryl methyl sites for hydroxylation is 1. The zero-order valence-corrected chi connectivity index (χ0v) is 14.9. The lowest BCUT2D eigenvalue weighted by atomic mass is 10.1. The predicted molar refractivity (Wildman–Crippen MR) is 100 cm³/mol. The van der Waals surface area contributed by atoms with E-state index in [1.165, 1.54) is 16.0 Å². The first-order valence-corrected chi connectivity index (χ1v) is 9.33. The Morgan fingerprint density at radius 1 is 1.16 bits per heavy atom. The van der Waals surface area contributed by atoms with Crippen LogP contribution in [0, 0.1) is 6.92 Å². The number of fused-ring (bicyclic) bond motifs is 1. The molecule has 0 fully saturated rings. The summed E-state index contributed by atoms with van der Waals surface area (Å²) in [6, 6.07) is 12.8. The minimum absolute atomic E-state index is 0.103. The van der Waals surface area contributed by atoms with Crippen LogP contribution < -0.4 is 5.56 Å². The van der Waals surface area contributed by atoms with E-state index in [2.05, 4.69) is 10.1 Å².